The second-order valence-electron chi connectivity index (χ2n) is 4.18. The summed E-state index contributed by atoms with van der Waals surface area (Å²) in [5, 5.41) is 0. The van der Waals surface area contributed by atoms with Gasteiger partial charge in [-0.3, -0.25) is 4.98 Å². The molecule has 0 radical (unpaired) electrons. The number of rotatable bonds is 3. The molecule has 2 nitrogen and oxygen atoms in total. The summed E-state index contributed by atoms with van der Waals surface area (Å²) in [4.78, 5) is 3.64. The lowest BCUT2D eigenvalue weighted by molar-refractivity contribution is 0.146. The van der Waals surface area contributed by atoms with Gasteiger partial charge >= 0.3 is 0 Å². The third-order valence-electron chi connectivity index (χ3n) is 2.77. The number of pyridine rings is 1. The number of alkyl halides is 2. The second-order valence-corrected chi connectivity index (χ2v) is 4.18. The van der Waals surface area contributed by atoms with Gasteiger partial charge in [0.15, 0.2) is 0 Å². The molecular formula is C14H14F2N2. The van der Waals surface area contributed by atoms with Crippen molar-refractivity contribution in [1.29, 1.82) is 0 Å². The van der Waals surface area contributed by atoms with Crippen LogP contribution in [-0.2, 0) is 0 Å². The summed E-state index contributed by atoms with van der Waals surface area (Å²) in [7, 11) is 0. The lowest BCUT2D eigenvalue weighted by Crippen LogP contribution is -2.04. The Morgan fingerprint density at radius 1 is 1.06 bits per heavy atom. The Balaban J connectivity index is 2.33. The van der Waals surface area contributed by atoms with Gasteiger partial charge in [-0.2, -0.15) is 0 Å². The van der Waals surface area contributed by atoms with E-state index in [0.717, 1.165) is 16.7 Å². The maximum absolute atomic E-state index is 12.6. The first kappa shape index (κ1) is 12.6. The average molecular weight is 248 g/mol. The molecule has 94 valence electrons. The van der Waals surface area contributed by atoms with Crippen LogP contribution in [0.5, 0.6) is 0 Å². The smallest absolute Gasteiger partial charge is 0.280 e. The summed E-state index contributed by atoms with van der Waals surface area (Å²) < 4.78 is 25.1. The van der Waals surface area contributed by atoms with Gasteiger partial charge in [-0.1, -0.05) is 24.3 Å². The number of benzene rings is 1. The van der Waals surface area contributed by atoms with Gasteiger partial charge < -0.3 is 5.73 Å². The second kappa shape index (κ2) is 5.23. The highest BCUT2D eigenvalue weighted by Gasteiger charge is 2.09. The number of nitrogens with zero attached hydrogens (tertiary/aromatic N) is 1. The van der Waals surface area contributed by atoms with E-state index >= 15 is 0 Å². The van der Waals surface area contributed by atoms with E-state index < -0.39 is 6.43 Å². The van der Waals surface area contributed by atoms with E-state index in [9.17, 15) is 8.78 Å². The van der Waals surface area contributed by atoms with Crippen molar-refractivity contribution in [2.24, 2.45) is 5.73 Å². The minimum Gasteiger partial charge on any atom is -0.324 e. The van der Waals surface area contributed by atoms with Gasteiger partial charge in [0.1, 0.15) is 5.69 Å². The highest BCUT2D eigenvalue weighted by molar-refractivity contribution is 5.63. The molecule has 0 saturated carbocycles. The summed E-state index contributed by atoms with van der Waals surface area (Å²) in [6.07, 6.45) is -1.15. The molecule has 0 aliphatic heterocycles. The predicted molar refractivity (Wildman–Crippen MR) is 67.2 cm³/mol. The Morgan fingerprint density at radius 3 is 2.28 bits per heavy atom. The molecule has 0 bridgehead atoms. The number of nitrogens with two attached hydrogens (primary N) is 1. The molecule has 1 aromatic heterocycles. The monoisotopic (exact) mass is 248 g/mol. The SMILES string of the molecule is CC(N)c1ccc(-c2ccnc(C(F)F)c2)cc1. The molecule has 1 atom stereocenters. The molecule has 1 unspecified atom stereocenters. The normalized spacial score (nSPS) is 12.7. The van der Waals surface area contributed by atoms with Crippen LogP contribution < -0.4 is 5.73 Å². The fourth-order valence-corrected chi connectivity index (χ4v) is 1.73. The van der Waals surface area contributed by atoms with Crippen LogP contribution in [0.1, 0.15) is 30.6 Å². The zero-order valence-electron chi connectivity index (χ0n) is 9.98. The van der Waals surface area contributed by atoms with Crippen LogP contribution in [-0.4, -0.2) is 4.98 Å². The largest absolute Gasteiger partial charge is 0.324 e. The summed E-state index contributed by atoms with van der Waals surface area (Å²) in [6.45, 7) is 1.90. The third kappa shape index (κ3) is 2.71. The number of halogens is 2. The van der Waals surface area contributed by atoms with Gasteiger partial charge in [0.25, 0.3) is 6.43 Å². The molecule has 2 aromatic rings. The highest BCUT2D eigenvalue weighted by Crippen LogP contribution is 2.24. The summed E-state index contributed by atoms with van der Waals surface area (Å²) in [6, 6.07) is 10.7. The van der Waals surface area contributed by atoms with Crippen molar-refractivity contribution in [1.82, 2.24) is 4.98 Å². The Labute approximate surface area is 104 Å². The maximum atomic E-state index is 12.6. The Kier molecular flexibility index (Phi) is 3.67. The molecule has 0 spiro atoms. The third-order valence-corrected chi connectivity index (χ3v) is 2.77. The fourth-order valence-electron chi connectivity index (χ4n) is 1.73. The minimum atomic E-state index is -2.55. The van der Waals surface area contributed by atoms with E-state index in [0.29, 0.717) is 0 Å². The van der Waals surface area contributed by atoms with Crippen LogP contribution in [0, 0.1) is 0 Å². The Hall–Kier alpha value is -1.81. The van der Waals surface area contributed by atoms with Crippen molar-refractivity contribution >= 4 is 0 Å². The van der Waals surface area contributed by atoms with E-state index in [1.165, 1.54) is 12.3 Å². The van der Waals surface area contributed by atoms with Crippen molar-refractivity contribution in [2.45, 2.75) is 19.4 Å². The summed E-state index contributed by atoms with van der Waals surface area (Å²) >= 11 is 0. The van der Waals surface area contributed by atoms with Crippen LogP contribution in [0.2, 0.25) is 0 Å². The van der Waals surface area contributed by atoms with Crippen LogP contribution >= 0.6 is 0 Å². The van der Waals surface area contributed by atoms with Crippen LogP contribution in [0.3, 0.4) is 0 Å². The molecule has 0 amide bonds. The van der Waals surface area contributed by atoms with Crippen molar-refractivity contribution < 1.29 is 8.78 Å². The standard InChI is InChI=1S/C14H14F2N2/c1-9(17)10-2-4-11(5-3-10)12-6-7-18-13(8-12)14(15)16/h2-9,14H,17H2,1H3. The molecule has 4 heteroatoms. The van der Waals surface area contributed by atoms with Crippen LogP contribution in [0.25, 0.3) is 11.1 Å². The van der Waals surface area contributed by atoms with Crippen molar-refractivity contribution in [3.63, 3.8) is 0 Å². The Morgan fingerprint density at radius 2 is 1.72 bits per heavy atom. The molecule has 0 fully saturated rings. The number of hydrogen-bond acceptors (Lipinski definition) is 2. The summed E-state index contributed by atoms with van der Waals surface area (Å²) in [5.74, 6) is 0. The first-order chi connectivity index (χ1) is 8.58. The van der Waals surface area contributed by atoms with Crippen LogP contribution in [0.4, 0.5) is 8.78 Å². The van der Waals surface area contributed by atoms with Gasteiger partial charge in [0, 0.05) is 12.2 Å². The van der Waals surface area contributed by atoms with Gasteiger partial charge in [0.2, 0.25) is 0 Å². The first-order valence-corrected chi connectivity index (χ1v) is 5.68. The maximum Gasteiger partial charge on any atom is 0.280 e. The number of hydrogen-bond donors (Lipinski definition) is 1. The predicted octanol–water partition coefficient (Wildman–Crippen LogP) is 3.71. The van der Waals surface area contributed by atoms with Crippen molar-refractivity contribution in [2.75, 3.05) is 0 Å². The minimum absolute atomic E-state index is 0.0342. The molecule has 0 aliphatic carbocycles. The molecule has 0 saturated heterocycles. The molecule has 18 heavy (non-hydrogen) atoms. The van der Waals surface area contributed by atoms with E-state index in [1.54, 1.807) is 6.07 Å². The zero-order valence-corrected chi connectivity index (χ0v) is 9.98. The van der Waals surface area contributed by atoms with E-state index in [1.807, 2.05) is 31.2 Å². The molecule has 2 N–H and O–H groups in total. The lowest BCUT2D eigenvalue weighted by atomic mass is 10.0. The average Bonchev–Trinajstić information content (AvgIpc) is 2.39. The van der Waals surface area contributed by atoms with E-state index in [2.05, 4.69) is 4.98 Å². The van der Waals surface area contributed by atoms with Gasteiger partial charge in [-0.05, 0) is 35.7 Å². The fraction of sp³-hybridized carbons (Fsp3) is 0.214. The number of aromatic nitrogens is 1. The quantitative estimate of drug-likeness (QED) is 0.899. The van der Waals surface area contributed by atoms with Crippen LogP contribution in [0.15, 0.2) is 42.6 Å². The van der Waals surface area contributed by atoms with Crippen molar-refractivity contribution in [3.8, 4) is 11.1 Å². The van der Waals surface area contributed by atoms with Gasteiger partial charge in [-0.15, -0.1) is 0 Å². The van der Waals surface area contributed by atoms with Gasteiger partial charge in [-0.25, -0.2) is 8.78 Å². The molecule has 1 heterocycles. The molecule has 1 aromatic carbocycles. The first-order valence-electron chi connectivity index (χ1n) is 5.68. The van der Waals surface area contributed by atoms with E-state index in [-0.39, 0.29) is 11.7 Å². The highest BCUT2D eigenvalue weighted by atomic mass is 19.3. The van der Waals surface area contributed by atoms with E-state index in [4.69, 9.17) is 5.73 Å². The molecular weight excluding hydrogens is 234 g/mol. The van der Waals surface area contributed by atoms with Gasteiger partial charge in [0.05, 0.1) is 0 Å². The molecule has 2 rings (SSSR count). The molecule has 0 aliphatic rings. The topological polar surface area (TPSA) is 38.9 Å². The van der Waals surface area contributed by atoms with Crippen molar-refractivity contribution in [3.05, 3.63) is 53.9 Å². The lowest BCUT2D eigenvalue weighted by Gasteiger charge is -2.08. The zero-order chi connectivity index (χ0) is 13.1. The summed E-state index contributed by atoms with van der Waals surface area (Å²) in [5.41, 5.74) is 8.18. The Bertz CT molecular complexity index is 522.